The molecule has 0 atom stereocenters. The lowest BCUT2D eigenvalue weighted by Gasteiger charge is -2.12. The smallest absolute Gasteiger partial charge is 0.481 e. The van der Waals surface area contributed by atoms with E-state index in [1.807, 2.05) is 0 Å². The Morgan fingerprint density at radius 1 is 1.33 bits per heavy atom. The minimum atomic E-state index is -4.80. The Kier molecular flexibility index (Phi) is 5.82. The van der Waals surface area contributed by atoms with Gasteiger partial charge >= 0.3 is 18.4 Å². The zero-order chi connectivity index (χ0) is 16.0. The standard InChI is InChI=1S/C11H10BrF3N2O4/c12-7-5-6(21-11(13,14)15)1-2-8(7)17-10(20)16-4-3-9(18)19/h1-2,5H,3-4H2,(H,18,19)(H2,16,17,20). The van der Waals surface area contributed by atoms with Crippen molar-refractivity contribution in [3.63, 3.8) is 0 Å². The number of ether oxygens (including phenoxy) is 1. The molecule has 0 heterocycles. The van der Waals surface area contributed by atoms with E-state index in [0.717, 1.165) is 12.1 Å². The van der Waals surface area contributed by atoms with Crippen LogP contribution in [0.5, 0.6) is 5.75 Å². The Balaban J connectivity index is 2.60. The number of alkyl halides is 3. The van der Waals surface area contributed by atoms with E-state index in [4.69, 9.17) is 5.11 Å². The maximum absolute atomic E-state index is 12.0. The zero-order valence-electron chi connectivity index (χ0n) is 10.3. The van der Waals surface area contributed by atoms with Gasteiger partial charge in [-0.3, -0.25) is 4.79 Å². The molecule has 0 bridgehead atoms. The molecule has 1 rings (SSSR count). The summed E-state index contributed by atoms with van der Waals surface area (Å²) in [5, 5.41) is 13.0. The molecule has 21 heavy (non-hydrogen) atoms. The maximum atomic E-state index is 12.0. The second-order valence-corrected chi connectivity index (χ2v) is 4.57. The molecule has 0 fully saturated rings. The van der Waals surface area contributed by atoms with E-state index >= 15 is 0 Å². The maximum Gasteiger partial charge on any atom is 0.573 e. The van der Waals surface area contributed by atoms with Crippen LogP contribution in [0, 0.1) is 0 Å². The lowest BCUT2D eigenvalue weighted by atomic mass is 10.3. The molecule has 0 saturated heterocycles. The fraction of sp³-hybridized carbons (Fsp3) is 0.273. The molecule has 1 aromatic carbocycles. The van der Waals surface area contributed by atoms with Crippen molar-refractivity contribution in [1.82, 2.24) is 5.32 Å². The summed E-state index contributed by atoms with van der Waals surface area (Å²) in [6.45, 7) is -0.0753. The number of carboxylic acid groups (broad SMARTS) is 1. The number of nitrogens with one attached hydrogen (secondary N) is 2. The van der Waals surface area contributed by atoms with E-state index in [1.54, 1.807) is 0 Å². The number of hydrogen-bond acceptors (Lipinski definition) is 3. The fourth-order valence-corrected chi connectivity index (χ4v) is 1.70. The van der Waals surface area contributed by atoms with Crippen LogP contribution in [-0.4, -0.2) is 30.0 Å². The summed E-state index contributed by atoms with van der Waals surface area (Å²) in [6.07, 6.45) is -5.05. The summed E-state index contributed by atoms with van der Waals surface area (Å²) in [5.74, 6) is -1.50. The lowest BCUT2D eigenvalue weighted by Crippen LogP contribution is -2.30. The van der Waals surface area contributed by atoms with E-state index < -0.39 is 24.1 Å². The normalized spacial score (nSPS) is 10.9. The highest BCUT2D eigenvalue weighted by Gasteiger charge is 2.31. The second-order valence-electron chi connectivity index (χ2n) is 3.71. The number of amides is 2. The number of anilines is 1. The monoisotopic (exact) mass is 370 g/mol. The van der Waals surface area contributed by atoms with Crippen molar-refractivity contribution >= 4 is 33.6 Å². The highest BCUT2D eigenvalue weighted by Crippen LogP contribution is 2.30. The van der Waals surface area contributed by atoms with Crippen LogP contribution in [-0.2, 0) is 4.79 Å². The van der Waals surface area contributed by atoms with E-state index in [0.29, 0.717) is 0 Å². The first-order valence-corrected chi connectivity index (χ1v) is 6.28. The molecule has 0 aromatic heterocycles. The van der Waals surface area contributed by atoms with Gasteiger partial charge in [-0.2, -0.15) is 0 Å². The number of halogens is 4. The van der Waals surface area contributed by atoms with Gasteiger partial charge in [0.15, 0.2) is 0 Å². The number of benzene rings is 1. The largest absolute Gasteiger partial charge is 0.573 e. The van der Waals surface area contributed by atoms with Crippen molar-refractivity contribution in [2.24, 2.45) is 0 Å². The van der Waals surface area contributed by atoms with E-state index in [-0.39, 0.29) is 23.1 Å². The molecule has 6 nitrogen and oxygen atoms in total. The molecule has 1 aromatic rings. The van der Waals surface area contributed by atoms with Gasteiger partial charge in [-0.15, -0.1) is 13.2 Å². The first-order valence-electron chi connectivity index (χ1n) is 5.49. The third kappa shape index (κ3) is 6.84. The van der Waals surface area contributed by atoms with Crippen LogP contribution < -0.4 is 15.4 Å². The van der Waals surface area contributed by atoms with E-state index in [2.05, 4.69) is 31.3 Å². The Labute approximate surface area is 125 Å². The molecule has 0 aliphatic heterocycles. The third-order valence-electron chi connectivity index (χ3n) is 2.05. The van der Waals surface area contributed by atoms with E-state index in [1.165, 1.54) is 6.07 Å². The summed E-state index contributed by atoms with van der Waals surface area (Å²) in [5.41, 5.74) is 0.206. The highest BCUT2D eigenvalue weighted by molar-refractivity contribution is 9.10. The number of carboxylic acids is 1. The molecule has 2 amide bonds. The molecule has 0 unspecified atom stereocenters. The highest BCUT2D eigenvalue weighted by atomic mass is 79.9. The summed E-state index contributed by atoms with van der Waals surface area (Å²) >= 11 is 2.99. The Bertz CT molecular complexity index is 537. The van der Waals surface area contributed by atoms with Crippen LogP contribution in [0.1, 0.15) is 6.42 Å². The number of hydrogen-bond donors (Lipinski definition) is 3. The number of aliphatic carboxylic acids is 1. The van der Waals surface area contributed by atoms with Crippen LogP contribution in [0.3, 0.4) is 0 Å². The average Bonchev–Trinajstić information content (AvgIpc) is 2.30. The SMILES string of the molecule is O=C(O)CCNC(=O)Nc1ccc(OC(F)(F)F)cc1Br. The molecule has 0 saturated carbocycles. The third-order valence-corrected chi connectivity index (χ3v) is 2.70. The molecule has 0 aliphatic carbocycles. The molecule has 0 radical (unpaired) electrons. The van der Waals surface area contributed by atoms with Crippen molar-refractivity contribution in [3.8, 4) is 5.75 Å². The lowest BCUT2D eigenvalue weighted by molar-refractivity contribution is -0.274. The van der Waals surface area contributed by atoms with Gasteiger partial charge in [0.1, 0.15) is 5.75 Å². The predicted molar refractivity (Wildman–Crippen MR) is 70.1 cm³/mol. The van der Waals surface area contributed by atoms with Crippen LogP contribution in [0.25, 0.3) is 0 Å². The predicted octanol–water partition coefficient (Wildman–Crippen LogP) is 2.94. The molecule has 0 aliphatic rings. The van der Waals surface area contributed by atoms with Crippen molar-refractivity contribution < 1.29 is 32.6 Å². The zero-order valence-corrected chi connectivity index (χ0v) is 11.9. The number of carbonyl (C=O) groups excluding carboxylic acids is 1. The first-order chi connectivity index (χ1) is 9.67. The summed E-state index contributed by atoms with van der Waals surface area (Å²) in [6, 6.07) is 2.61. The van der Waals surface area contributed by atoms with Crippen molar-refractivity contribution in [1.29, 1.82) is 0 Å². The van der Waals surface area contributed by atoms with Gasteiger partial charge in [0.2, 0.25) is 0 Å². The van der Waals surface area contributed by atoms with E-state index in [9.17, 15) is 22.8 Å². The topological polar surface area (TPSA) is 87.7 Å². The van der Waals surface area contributed by atoms with Crippen LogP contribution in [0.4, 0.5) is 23.7 Å². The van der Waals surface area contributed by atoms with Gasteiger partial charge in [-0.1, -0.05) is 0 Å². The second kappa shape index (κ2) is 7.16. The Morgan fingerprint density at radius 2 is 2.00 bits per heavy atom. The van der Waals surface area contributed by atoms with Gasteiger partial charge in [-0.05, 0) is 34.1 Å². The number of urea groups is 1. The number of rotatable bonds is 5. The van der Waals surface area contributed by atoms with Crippen LogP contribution in [0.2, 0.25) is 0 Å². The van der Waals surface area contributed by atoms with Crippen molar-refractivity contribution in [3.05, 3.63) is 22.7 Å². The molecular weight excluding hydrogens is 361 g/mol. The van der Waals surface area contributed by atoms with Crippen molar-refractivity contribution in [2.45, 2.75) is 12.8 Å². The molecule has 0 spiro atoms. The average molecular weight is 371 g/mol. The van der Waals surface area contributed by atoms with Gasteiger partial charge in [0, 0.05) is 11.0 Å². The van der Waals surface area contributed by atoms with Crippen LogP contribution in [0.15, 0.2) is 22.7 Å². The molecule has 3 N–H and O–H groups in total. The number of carbonyl (C=O) groups is 2. The molecule has 10 heteroatoms. The minimum absolute atomic E-state index is 0.0753. The molecule has 116 valence electrons. The van der Waals surface area contributed by atoms with Gasteiger partial charge in [0.05, 0.1) is 12.1 Å². The van der Waals surface area contributed by atoms with Gasteiger partial charge in [0.25, 0.3) is 0 Å². The Hall–Kier alpha value is -1.97. The van der Waals surface area contributed by atoms with Gasteiger partial charge in [-0.25, -0.2) is 4.79 Å². The molecular formula is C11H10BrF3N2O4. The first kappa shape index (κ1) is 17.1. The quantitative estimate of drug-likeness (QED) is 0.743. The minimum Gasteiger partial charge on any atom is -0.481 e. The Morgan fingerprint density at radius 3 is 2.52 bits per heavy atom. The van der Waals surface area contributed by atoms with Crippen molar-refractivity contribution in [2.75, 3.05) is 11.9 Å². The summed E-state index contributed by atoms with van der Waals surface area (Å²) in [7, 11) is 0. The summed E-state index contributed by atoms with van der Waals surface area (Å²) in [4.78, 5) is 21.7. The van der Waals surface area contributed by atoms with Gasteiger partial charge < -0.3 is 20.5 Å². The summed E-state index contributed by atoms with van der Waals surface area (Å²) < 4.78 is 40.0. The fourth-order valence-electron chi connectivity index (χ4n) is 1.24. The van der Waals surface area contributed by atoms with Crippen LogP contribution >= 0.6 is 15.9 Å².